The van der Waals surface area contributed by atoms with Crippen molar-refractivity contribution in [2.75, 3.05) is 0 Å². The molecule has 4 nitrogen and oxygen atoms in total. The van der Waals surface area contributed by atoms with Gasteiger partial charge in [0.2, 0.25) is 0 Å². The summed E-state index contributed by atoms with van der Waals surface area (Å²) < 4.78 is 18.1. The third-order valence-corrected chi connectivity index (χ3v) is 7.15. The normalized spacial score (nSPS) is 16.1. The fourth-order valence-electron chi connectivity index (χ4n) is 2.17. The van der Waals surface area contributed by atoms with E-state index < -0.39 is 14.9 Å². The zero-order chi connectivity index (χ0) is 15.1. The average Bonchev–Trinajstić information content (AvgIpc) is 2.33. The highest BCUT2D eigenvalue weighted by molar-refractivity contribution is 6.68. The van der Waals surface area contributed by atoms with Gasteiger partial charge < -0.3 is 18.7 Å². The maximum atomic E-state index is 9.78. The van der Waals surface area contributed by atoms with Gasteiger partial charge in [0.25, 0.3) is 0 Å². The number of aliphatic hydroxyl groups excluding tert-OH is 1. The molecule has 0 radical (unpaired) electrons. The average molecular weight is 292 g/mol. The van der Waals surface area contributed by atoms with Crippen LogP contribution in [-0.4, -0.2) is 37.9 Å². The molecule has 0 aromatic carbocycles. The topological polar surface area (TPSA) is 47.9 Å². The maximum Gasteiger partial charge on any atom is 0.368 e. The minimum Gasteiger partial charge on any atom is -0.390 e. The summed E-state index contributed by atoms with van der Waals surface area (Å²) >= 11 is 0. The Morgan fingerprint density at radius 2 is 1.37 bits per heavy atom. The molecule has 2 atom stereocenters. The summed E-state index contributed by atoms with van der Waals surface area (Å²) in [5.74, 6) is 0. The van der Waals surface area contributed by atoms with Crippen molar-refractivity contribution in [3.63, 3.8) is 0 Å². The first kappa shape index (κ1) is 19.1. The van der Waals surface area contributed by atoms with Crippen molar-refractivity contribution in [1.29, 1.82) is 0 Å². The molecule has 0 aliphatic carbocycles. The molecule has 19 heavy (non-hydrogen) atoms. The minimum absolute atomic E-state index is 0.0989. The molecule has 0 saturated carbocycles. The first-order chi connectivity index (χ1) is 8.81. The monoisotopic (exact) mass is 292 g/mol. The Labute approximate surface area is 119 Å². The highest BCUT2D eigenvalue weighted by Gasteiger charge is 2.47. The van der Waals surface area contributed by atoms with Crippen LogP contribution >= 0.6 is 0 Å². The van der Waals surface area contributed by atoms with Crippen molar-refractivity contribution in [2.45, 2.75) is 91.6 Å². The van der Waals surface area contributed by atoms with E-state index in [4.69, 9.17) is 13.6 Å². The second-order valence-corrected chi connectivity index (χ2v) is 8.84. The highest BCUT2D eigenvalue weighted by atomic mass is 28.4. The standard InChI is InChI=1S/C14H32O4Si/c1-8-13(15)16-14(9-2)19(10-3,17-11(4)5)18-12(6)7/h11-15H,8-10H2,1-7H3. The maximum absolute atomic E-state index is 9.78. The van der Waals surface area contributed by atoms with Gasteiger partial charge in [-0.25, -0.2) is 0 Å². The molecule has 5 heteroatoms. The van der Waals surface area contributed by atoms with Crippen LogP contribution in [0.3, 0.4) is 0 Å². The van der Waals surface area contributed by atoms with E-state index in [0.717, 1.165) is 12.5 Å². The first-order valence-electron chi connectivity index (χ1n) is 7.50. The number of hydrogen-bond acceptors (Lipinski definition) is 4. The third kappa shape index (κ3) is 6.36. The first-order valence-corrected chi connectivity index (χ1v) is 9.60. The van der Waals surface area contributed by atoms with Gasteiger partial charge in [0, 0.05) is 12.2 Å². The molecule has 0 aliphatic heterocycles. The Bertz CT molecular complexity index is 223. The van der Waals surface area contributed by atoms with E-state index in [-0.39, 0.29) is 17.9 Å². The van der Waals surface area contributed by atoms with Gasteiger partial charge >= 0.3 is 8.56 Å². The van der Waals surface area contributed by atoms with E-state index in [9.17, 15) is 5.11 Å². The predicted molar refractivity (Wildman–Crippen MR) is 80.1 cm³/mol. The molecular weight excluding hydrogens is 260 g/mol. The van der Waals surface area contributed by atoms with E-state index in [2.05, 4.69) is 13.8 Å². The van der Waals surface area contributed by atoms with Crippen molar-refractivity contribution in [1.82, 2.24) is 0 Å². The largest absolute Gasteiger partial charge is 0.390 e. The fraction of sp³-hybridized carbons (Fsp3) is 1.00. The van der Waals surface area contributed by atoms with Gasteiger partial charge in [0.15, 0.2) is 6.29 Å². The van der Waals surface area contributed by atoms with Crippen molar-refractivity contribution in [3.8, 4) is 0 Å². The van der Waals surface area contributed by atoms with Crippen LogP contribution in [0.25, 0.3) is 0 Å². The molecule has 1 N–H and O–H groups in total. The van der Waals surface area contributed by atoms with Crippen LogP contribution in [0.5, 0.6) is 0 Å². The van der Waals surface area contributed by atoms with Crippen LogP contribution in [0.15, 0.2) is 0 Å². The zero-order valence-corrected chi connectivity index (χ0v) is 14.6. The highest BCUT2D eigenvalue weighted by Crippen LogP contribution is 2.27. The molecule has 0 amide bonds. The molecule has 116 valence electrons. The van der Waals surface area contributed by atoms with Crippen molar-refractivity contribution in [2.24, 2.45) is 0 Å². The lowest BCUT2D eigenvalue weighted by molar-refractivity contribution is -0.130. The summed E-state index contributed by atoms with van der Waals surface area (Å²) in [4.78, 5) is 0. The Morgan fingerprint density at radius 1 is 0.895 bits per heavy atom. The molecule has 0 aromatic heterocycles. The molecule has 0 aliphatic rings. The fourth-order valence-corrected chi connectivity index (χ4v) is 5.90. The SMILES string of the molecule is CCC(O)OC(CC)[Si](CC)(OC(C)C)OC(C)C. The Morgan fingerprint density at radius 3 is 1.63 bits per heavy atom. The molecule has 0 rings (SSSR count). The summed E-state index contributed by atoms with van der Waals surface area (Å²) in [5, 5.41) is 9.78. The van der Waals surface area contributed by atoms with Gasteiger partial charge in [0.05, 0.1) is 0 Å². The number of hydrogen-bond donors (Lipinski definition) is 1. The summed E-state index contributed by atoms with van der Waals surface area (Å²) in [5.41, 5.74) is -0.141. The van der Waals surface area contributed by atoms with Crippen LogP contribution in [0.4, 0.5) is 0 Å². The van der Waals surface area contributed by atoms with E-state index >= 15 is 0 Å². The minimum atomic E-state index is -2.49. The summed E-state index contributed by atoms with van der Waals surface area (Å²) in [6.07, 6.45) is 0.823. The van der Waals surface area contributed by atoms with Gasteiger partial charge in [-0.2, -0.15) is 0 Å². The number of rotatable bonds is 10. The molecule has 0 spiro atoms. The van der Waals surface area contributed by atoms with Crippen molar-refractivity contribution < 1.29 is 18.7 Å². The summed E-state index contributed by atoms with van der Waals surface area (Å²) in [6.45, 7) is 14.1. The number of ether oxygens (including phenoxy) is 1. The van der Waals surface area contributed by atoms with E-state index in [0.29, 0.717) is 6.42 Å². The summed E-state index contributed by atoms with van der Waals surface area (Å²) in [7, 11) is -2.49. The Hall–Kier alpha value is 0.0569. The lowest BCUT2D eigenvalue weighted by atomic mass is 10.4. The molecule has 0 heterocycles. The predicted octanol–water partition coefficient (Wildman–Crippen LogP) is 3.36. The van der Waals surface area contributed by atoms with Crippen LogP contribution in [0, 0.1) is 0 Å². The second kappa shape index (κ2) is 9.08. The Balaban J connectivity index is 5.12. The van der Waals surface area contributed by atoms with Crippen LogP contribution < -0.4 is 0 Å². The molecule has 0 saturated heterocycles. The van der Waals surface area contributed by atoms with Gasteiger partial charge in [-0.15, -0.1) is 0 Å². The number of aliphatic hydroxyl groups is 1. The van der Waals surface area contributed by atoms with E-state index in [1.54, 1.807) is 0 Å². The lowest BCUT2D eigenvalue weighted by Crippen LogP contribution is -2.57. The van der Waals surface area contributed by atoms with Gasteiger partial charge in [0.1, 0.15) is 5.73 Å². The molecule has 0 bridgehead atoms. The molecule has 0 aromatic rings. The third-order valence-electron chi connectivity index (χ3n) is 2.90. The van der Waals surface area contributed by atoms with Gasteiger partial charge in [-0.05, 0) is 46.6 Å². The quantitative estimate of drug-likeness (QED) is 0.495. The second-order valence-electron chi connectivity index (χ2n) is 5.39. The molecule has 2 unspecified atom stereocenters. The zero-order valence-electron chi connectivity index (χ0n) is 13.6. The van der Waals surface area contributed by atoms with Crippen LogP contribution in [0.2, 0.25) is 6.04 Å². The lowest BCUT2D eigenvalue weighted by Gasteiger charge is -2.39. The van der Waals surface area contributed by atoms with E-state index in [1.807, 2.05) is 34.6 Å². The van der Waals surface area contributed by atoms with Crippen LogP contribution in [-0.2, 0) is 13.6 Å². The summed E-state index contributed by atoms with van der Waals surface area (Å²) in [6, 6.07) is 0.818. The van der Waals surface area contributed by atoms with Crippen LogP contribution in [0.1, 0.15) is 61.3 Å². The van der Waals surface area contributed by atoms with E-state index in [1.165, 1.54) is 0 Å². The van der Waals surface area contributed by atoms with Gasteiger partial charge in [-0.1, -0.05) is 20.8 Å². The van der Waals surface area contributed by atoms with Gasteiger partial charge in [-0.3, -0.25) is 0 Å². The molecular formula is C14H32O4Si. The smallest absolute Gasteiger partial charge is 0.368 e. The Kier molecular flexibility index (Phi) is 9.10. The molecule has 0 fully saturated rings. The van der Waals surface area contributed by atoms with Crippen molar-refractivity contribution in [3.05, 3.63) is 0 Å². The van der Waals surface area contributed by atoms with Crippen molar-refractivity contribution >= 4 is 8.56 Å².